The molecule has 1 aliphatic heterocycles. The number of aryl methyl sites for hydroxylation is 1. The molecule has 2 aliphatic rings. The van der Waals surface area contributed by atoms with Crippen LogP contribution in [-0.4, -0.2) is 33.0 Å². The third-order valence-corrected chi connectivity index (χ3v) is 6.99. The van der Waals surface area contributed by atoms with E-state index in [4.69, 9.17) is 5.10 Å². The Morgan fingerprint density at radius 2 is 1.94 bits per heavy atom. The number of fused-ring (bicyclic) bond motifs is 1. The van der Waals surface area contributed by atoms with E-state index in [0.717, 1.165) is 54.7 Å². The summed E-state index contributed by atoms with van der Waals surface area (Å²) in [6.07, 6.45) is 7.86. The molecular weight excluding hydrogens is 412 g/mol. The minimum absolute atomic E-state index is 0.0506. The molecule has 0 saturated carbocycles. The Hall–Kier alpha value is -2.63. The van der Waals surface area contributed by atoms with E-state index in [2.05, 4.69) is 30.8 Å². The monoisotopic (exact) mass is 450 g/mol. The molecule has 0 radical (unpaired) electrons. The van der Waals surface area contributed by atoms with Gasteiger partial charge in [-0.2, -0.15) is 5.10 Å². The number of carbonyl (C=O) groups excluding carboxylic acids is 2. The summed E-state index contributed by atoms with van der Waals surface area (Å²) in [7, 11) is 0. The first-order valence-corrected chi connectivity index (χ1v) is 12.6. The average Bonchev–Trinajstić information content (AvgIpc) is 3.40. The van der Waals surface area contributed by atoms with Crippen molar-refractivity contribution >= 4 is 11.8 Å². The summed E-state index contributed by atoms with van der Waals surface area (Å²) >= 11 is 0. The minimum Gasteiger partial charge on any atom is -0.334 e. The van der Waals surface area contributed by atoms with Crippen molar-refractivity contribution in [3.63, 3.8) is 0 Å². The van der Waals surface area contributed by atoms with Crippen LogP contribution in [0.2, 0.25) is 0 Å². The van der Waals surface area contributed by atoms with E-state index < -0.39 is 0 Å². The number of nitrogens with zero attached hydrogens (tertiary/aromatic N) is 3. The number of nitrogens with one attached hydrogen (secondary N) is 1. The topological polar surface area (TPSA) is 67.2 Å². The van der Waals surface area contributed by atoms with Crippen LogP contribution in [0.5, 0.6) is 0 Å². The molecule has 1 saturated heterocycles. The first kappa shape index (κ1) is 23.5. The quantitative estimate of drug-likeness (QED) is 0.527. The van der Waals surface area contributed by atoms with Gasteiger partial charge in [-0.3, -0.25) is 9.48 Å². The number of hydrogen-bond donors (Lipinski definition) is 1. The Morgan fingerprint density at radius 3 is 2.70 bits per heavy atom. The maximum absolute atomic E-state index is 13.3. The summed E-state index contributed by atoms with van der Waals surface area (Å²) in [5.74, 6) is 0.188. The van der Waals surface area contributed by atoms with Gasteiger partial charge < -0.3 is 10.2 Å². The number of Topliss-reactive ketones (excluding diaryl/α,β-unsaturated/α-hetero) is 1. The number of urea groups is 1. The van der Waals surface area contributed by atoms with E-state index in [1.165, 1.54) is 19.3 Å². The van der Waals surface area contributed by atoms with Crippen LogP contribution >= 0.6 is 0 Å². The summed E-state index contributed by atoms with van der Waals surface area (Å²) in [5, 5.41) is 8.08. The Balaban J connectivity index is 1.57. The Kier molecular flexibility index (Phi) is 7.20. The Morgan fingerprint density at radius 1 is 1.15 bits per heavy atom. The third-order valence-electron chi connectivity index (χ3n) is 6.99. The van der Waals surface area contributed by atoms with Crippen molar-refractivity contribution < 1.29 is 9.59 Å². The molecule has 0 bridgehead atoms. The standard InChI is InChI=1S/C27H38N4O2/c1-4-5-6-10-16-31-22-17-27(2,3)18-23(32)24(22)25(29-31)21-14-11-15-30(21)26(33)28-19-20-12-8-7-9-13-20/h7-9,12-13,21H,4-6,10-11,14-19H2,1-3H3,(H,28,33)/t21-/m0/s1. The highest BCUT2D eigenvalue weighted by molar-refractivity contribution is 6.00. The molecule has 1 fully saturated rings. The van der Waals surface area contributed by atoms with Crippen LogP contribution in [-0.2, 0) is 19.5 Å². The van der Waals surface area contributed by atoms with Crippen LogP contribution in [0.25, 0.3) is 0 Å². The highest BCUT2D eigenvalue weighted by Crippen LogP contribution is 2.41. The molecule has 1 N–H and O–H groups in total. The molecule has 4 rings (SSSR count). The second-order valence-corrected chi connectivity index (χ2v) is 10.4. The van der Waals surface area contributed by atoms with E-state index in [-0.39, 0.29) is 23.3 Å². The van der Waals surface area contributed by atoms with E-state index in [9.17, 15) is 9.59 Å². The van der Waals surface area contributed by atoms with Crippen LogP contribution in [0.15, 0.2) is 30.3 Å². The van der Waals surface area contributed by atoms with E-state index in [0.29, 0.717) is 19.5 Å². The van der Waals surface area contributed by atoms with E-state index >= 15 is 0 Å². The maximum atomic E-state index is 13.3. The number of carbonyl (C=O) groups is 2. The first-order chi connectivity index (χ1) is 15.9. The number of benzene rings is 1. The van der Waals surface area contributed by atoms with Gasteiger partial charge in [-0.05, 0) is 36.7 Å². The van der Waals surface area contributed by atoms with E-state index in [1.807, 2.05) is 35.2 Å². The molecule has 1 aromatic heterocycles. The molecule has 178 valence electrons. The Bertz CT molecular complexity index is 980. The van der Waals surface area contributed by atoms with Crippen molar-refractivity contribution in [1.82, 2.24) is 20.0 Å². The van der Waals surface area contributed by atoms with Crippen molar-refractivity contribution in [2.24, 2.45) is 5.41 Å². The summed E-state index contributed by atoms with van der Waals surface area (Å²) in [4.78, 5) is 28.3. The van der Waals surface area contributed by atoms with Crippen molar-refractivity contribution in [2.45, 2.75) is 91.3 Å². The largest absolute Gasteiger partial charge is 0.334 e. The number of rotatable bonds is 8. The molecule has 2 aromatic rings. The van der Waals surface area contributed by atoms with Gasteiger partial charge in [-0.15, -0.1) is 0 Å². The molecule has 1 atom stereocenters. The number of hydrogen-bond acceptors (Lipinski definition) is 3. The lowest BCUT2D eigenvalue weighted by molar-refractivity contribution is 0.0906. The van der Waals surface area contributed by atoms with Crippen LogP contribution < -0.4 is 5.32 Å². The third kappa shape index (κ3) is 5.31. The predicted octanol–water partition coefficient (Wildman–Crippen LogP) is 5.67. The fourth-order valence-corrected chi connectivity index (χ4v) is 5.32. The fraction of sp³-hybridized carbons (Fsp3) is 0.593. The average molecular weight is 451 g/mol. The summed E-state index contributed by atoms with van der Waals surface area (Å²) in [6, 6.07) is 9.76. The molecule has 33 heavy (non-hydrogen) atoms. The molecule has 2 amide bonds. The normalized spacial score (nSPS) is 19.5. The lowest BCUT2D eigenvalue weighted by Gasteiger charge is -2.30. The maximum Gasteiger partial charge on any atom is 0.318 e. The van der Waals surface area contributed by atoms with Crippen LogP contribution in [0.3, 0.4) is 0 Å². The van der Waals surface area contributed by atoms with Crippen LogP contribution in [0, 0.1) is 5.41 Å². The van der Waals surface area contributed by atoms with Gasteiger partial charge in [-0.1, -0.05) is 70.4 Å². The Labute approximate surface area is 197 Å². The molecule has 0 spiro atoms. The number of unbranched alkanes of at least 4 members (excludes halogenated alkanes) is 3. The van der Waals surface area contributed by atoms with Gasteiger partial charge in [0.25, 0.3) is 0 Å². The van der Waals surface area contributed by atoms with Crippen molar-refractivity contribution in [2.75, 3.05) is 6.54 Å². The minimum atomic E-state index is -0.128. The highest BCUT2D eigenvalue weighted by atomic mass is 16.2. The van der Waals surface area contributed by atoms with Crippen molar-refractivity contribution in [1.29, 1.82) is 0 Å². The zero-order valence-corrected chi connectivity index (χ0v) is 20.4. The fourth-order valence-electron chi connectivity index (χ4n) is 5.32. The second kappa shape index (κ2) is 10.1. The molecule has 6 nitrogen and oxygen atoms in total. The smallest absolute Gasteiger partial charge is 0.318 e. The van der Waals surface area contributed by atoms with Gasteiger partial charge >= 0.3 is 6.03 Å². The van der Waals surface area contributed by atoms with Gasteiger partial charge in [0.05, 0.1) is 23.0 Å². The first-order valence-electron chi connectivity index (χ1n) is 12.6. The van der Waals surface area contributed by atoms with E-state index in [1.54, 1.807) is 0 Å². The van der Waals surface area contributed by atoms with Crippen molar-refractivity contribution in [3.05, 3.63) is 52.8 Å². The summed E-state index contributed by atoms with van der Waals surface area (Å²) in [5.41, 5.74) is 3.74. The van der Waals surface area contributed by atoms with Gasteiger partial charge in [-0.25, -0.2) is 4.79 Å². The number of likely N-dealkylation sites (tertiary alicyclic amines) is 1. The molecule has 6 heteroatoms. The number of aromatic nitrogens is 2. The molecule has 1 aromatic carbocycles. The van der Waals surface area contributed by atoms with Gasteiger partial charge in [0.1, 0.15) is 0 Å². The highest BCUT2D eigenvalue weighted by Gasteiger charge is 2.41. The molecule has 0 unspecified atom stereocenters. The van der Waals surface area contributed by atoms with Crippen LogP contribution in [0.1, 0.15) is 99.1 Å². The van der Waals surface area contributed by atoms with Gasteiger partial charge in [0, 0.05) is 26.1 Å². The lowest BCUT2D eigenvalue weighted by Crippen LogP contribution is -2.39. The zero-order valence-electron chi connectivity index (χ0n) is 20.4. The number of amides is 2. The van der Waals surface area contributed by atoms with Crippen molar-refractivity contribution in [3.8, 4) is 0 Å². The zero-order chi connectivity index (χ0) is 23.4. The SMILES string of the molecule is CCCCCCn1nc([C@@H]2CCCN2C(=O)NCc2ccccc2)c2c1CC(C)(C)CC2=O. The van der Waals surface area contributed by atoms with Gasteiger partial charge in [0.2, 0.25) is 0 Å². The molecule has 1 aliphatic carbocycles. The van der Waals surface area contributed by atoms with Crippen LogP contribution in [0.4, 0.5) is 4.79 Å². The second-order valence-electron chi connectivity index (χ2n) is 10.4. The summed E-state index contributed by atoms with van der Waals surface area (Å²) in [6.45, 7) is 8.59. The number of ketones is 1. The van der Waals surface area contributed by atoms with Gasteiger partial charge in [0.15, 0.2) is 5.78 Å². The predicted molar refractivity (Wildman–Crippen MR) is 130 cm³/mol. The molecule has 2 heterocycles. The lowest BCUT2D eigenvalue weighted by atomic mass is 9.75. The summed E-state index contributed by atoms with van der Waals surface area (Å²) < 4.78 is 2.09. The molecular formula is C27H38N4O2.